The van der Waals surface area contributed by atoms with Crippen LogP contribution in [-0.4, -0.2) is 19.4 Å². The topological polar surface area (TPSA) is 21.3 Å². The maximum Gasteiger partial charge on any atom is 0.118 e. The van der Waals surface area contributed by atoms with E-state index in [1.54, 1.807) is 7.11 Å². The Kier molecular flexibility index (Phi) is 5.97. The molecule has 0 spiro atoms. The van der Waals surface area contributed by atoms with Gasteiger partial charge in [-0.05, 0) is 49.0 Å². The third-order valence-corrected chi connectivity index (χ3v) is 4.83. The first-order chi connectivity index (χ1) is 10.1. The molecule has 2 unspecified atom stereocenters. The molecule has 2 aromatic rings. The molecule has 4 heteroatoms. The van der Waals surface area contributed by atoms with Gasteiger partial charge in [0.15, 0.2) is 0 Å². The highest BCUT2D eigenvalue weighted by Gasteiger charge is 2.18. The van der Waals surface area contributed by atoms with Crippen LogP contribution in [0.25, 0.3) is 0 Å². The first-order valence-corrected chi connectivity index (χ1v) is 8.13. The minimum atomic E-state index is 0.275. The number of hydrogen-bond donors (Lipinski definition) is 1. The van der Waals surface area contributed by atoms with Crippen LogP contribution in [0.5, 0.6) is 5.75 Å². The molecule has 2 rings (SSSR count). The fourth-order valence-corrected chi connectivity index (χ4v) is 3.56. The number of benzene rings is 2. The van der Waals surface area contributed by atoms with E-state index in [1.807, 2.05) is 43.1 Å². The van der Waals surface area contributed by atoms with Crippen LogP contribution in [0.1, 0.15) is 18.5 Å². The molecule has 0 radical (unpaired) electrons. The van der Waals surface area contributed by atoms with Crippen molar-refractivity contribution in [2.45, 2.75) is 23.1 Å². The Balaban J connectivity index is 2.09. The van der Waals surface area contributed by atoms with Crippen LogP contribution in [0.2, 0.25) is 5.02 Å². The minimum Gasteiger partial charge on any atom is -0.497 e. The molecule has 1 N–H and O–H groups in total. The van der Waals surface area contributed by atoms with Crippen LogP contribution in [0.3, 0.4) is 0 Å². The van der Waals surface area contributed by atoms with Crippen molar-refractivity contribution in [1.29, 1.82) is 0 Å². The number of halogens is 1. The highest BCUT2D eigenvalue weighted by Crippen LogP contribution is 2.32. The maximum absolute atomic E-state index is 5.93. The Hall–Kier alpha value is -1.16. The normalized spacial score (nSPS) is 13.7. The lowest BCUT2D eigenvalue weighted by molar-refractivity contribution is 0.414. The van der Waals surface area contributed by atoms with Crippen molar-refractivity contribution in [1.82, 2.24) is 5.32 Å². The van der Waals surface area contributed by atoms with E-state index in [1.165, 1.54) is 10.5 Å². The Labute approximate surface area is 135 Å². The third kappa shape index (κ3) is 4.40. The van der Waals surface area contributed by atoms with Crippen LogP contribution in [0.4, 0.5) is 0 Å². The molecule has 0 amide bonds. The molecule has 0 saturated carbocycles. The molecule has 0 aliphatic carbocycles. The SMILES string of the molecule is CNC(c1ccc(OC)cc1)C(C)Sc1ccc(Cl)cc1. The Morgan fingerprint density at radius 2 is 1.67 bits per heavy atom. The summed E-state index contributed by atoms with van der Waals surface area (Å²) in [5.41, 5.74) is 1.26. The predicted octanol–water partition coefficient (Wildman–Crippen LogP) is 4.79. The molecule has 0 fully saturated rings. The second-order valence-corrected chi connectivity index (χ2v) is 6.70. The van der Waals surface area contributed by atoms with Gasteiger partial charge < -0.3 is 10.1 Å². The number of hydrogen-bond acceptors (Lipinski definition) is 3. The molecule has 2 aromatic carbocycles. The second kappa shape index (κ2) is 7.74. The van der Waals surface area contributed by atoms with Gasteiger partial charge in [-0.2, -0.15) is 0 Å². The first-order valence-electron chi connectivity index (χ1n) is 6.87. The summed E-state index contributed by atoms with van der Waals surface area (Å²) < 4.78 is 5.21. The summed E-state index contributed by atoms with van der Waals surface area (Å²) in [4.78, 5) is 1.22. The molecule has 0 saturated heterocycles. The molecule has 0 heterocycles. The van der Waals surface area contributed by atoms with Gasteiger partial charge in [-0.25, -0.2) is 0 Å². The average Bonchev–Trinajstić information content (AvgIpc) is 2.51. The van der Waals surface area contributed by atoms with Crippen molar-refractivity contribution in [2.75, 3.05) is 14.2 Å². The molecule has 112 valence electrons. The number of ether oxygens (including phenoxy) is 1. The lowest BCUT2D eigenvalue weighted by Gasteiger charge is -2.24. The largest absolute Gasteiger partial charge is 0.497 e. The minimum absolute atomic E-state index is 0.275. The Morgan fingerprint density at radius 1 is 1.05 bits per heavy atom. The second-order valence-electron chi connectivity index (χ2n) is 4.82. The van der Waals surface area contributed by atoms with E-state index in [-0.39, 0.29) is 6.04 Å². The fraction of sp³-hybridized carbons (Fsp3) is 0.294. The molecule has 0 bridgehead atoms. The summed E-state index contributed by atoms with van der Waals surface area (Å²) in [6.07, 6.45) is 0. The number of nitrogens with one attached hydrogen (secondary N) is 1. The number of methoxy groups -OCH3 is 1. The third-order valence-electron chi connectivity index (χ3n) is 3.39. The number of thioether (sulfide) groups is 1. The van der Waals surface area contributed by atoms with E-state index in [9.17, 15) is 0 Å². The van der Waals surface area contributed by atoms with Crippen molar-refractivity contribution < 1.29 is 4.74 Å². The molecule has 21 heavy (non-hydrogen) atoms. The van der Waals surface area contributed by atoms with Crippen LogP contribution in [-0.2, 0) is 0 Å². The van der Waals surface area contributed by atoms with Gasteiger partial charge in [0.2, 0.25) is 0 Å². The summed E-state index contributed by atoms with van der Waals surface area (Å²) in [6.45, 7) is 2.23. The van der Waals surface area contributed by atoms with E-state index in [2.05, 4.69) is 36.5 Å². The van der Waals surface area contributed by atoms with Crippen molar-refractivity contribution in [3.63, 3.8) is 0 Å². The highest BCUT2D eigenvalue weighted by atomic mass is 35.5. The molecule has 2 atom stereocenters. The van der Waals surface area contributed by atoms with Crippen molar-refractivity contribution >= 4 is 23.4 Å². The summed E-state index contributed by atoms with van der Waals surface area (Å²) in [7, 11) is 3.68. The zero-order valence-corrected chi connectivity index (χ0v) is 14.0. The number of rotatable bonds is 6. The van der Waals surface area contributed by atoms with E-state index >= 15 is 0 Å². The molecular formula is C17H20ClNOS. The van der Waals surface area contributed by atoms with Gasteiger partial charge in [-0.3, -0.25) is 0 Å². The van der Waals surface area contributed by atoms with Crippen LogP contribution >= 0.6 is 23.4 Å². The highest BCUT2D eigenvalue weighted by molar-refractivity contribution is 8.00. The Morgan fingerprint density at radius 3 is 2.19 bits per heavy atom. The van der Waals surface area contributed by atoms with Gasteiger partial charge in [0.25, 0.3) is 0 Å². The van der Waals surface area contributed by atoms with Gasteiger partial charge >= 0.3 is 0 Å². The summed E-state index contributed by atoms with van der Waals surface area (Å²) in [6, 6.07) is 16.5. The zero-order chi connectivity index (χ0) is 15.2. The fourth-order valence-electron chi connectivity index (χ4n) is 2.28. The molecular weight excluding hydrogens is 302 g/mol. The first kappa shape index (κ1) is 16.2. The van der Waals surface area contributed by atoms with E-state index in [4.69, 9.17) is 16.3 Å². The van der Waals surface area contributed by atoms with Gasteiger partial charge in [0.1, 0.15) is 5.75 Å². The van der Waals surface area contributed by atoms with Crippen LogP contribution in [0.15, 0.2) is 53.4 Å². The molecule has 0 aliphatic heterocycles. The monoisotopic (exact) mass is 321 g/mol. The quantitative estimate of drug-likeness (QED) is 0.773. The standard InChI is InChI=1S/C17H20ClNOS/c1-12(21-16-10-6-14(18)7-11-16)17(19-2)13-4-8-15(20-3)9-5-13/h4-12,17,19H,1-3H3. The van der Waals surface area contributed by atoms with Gasteiger partial charge in [-0.15, -0.1) is 11.8 Å². The Bertz CT molecular complexity index is 556. The summed E-state index contributed by atoms with van der Waals surface area (Å²) in [5, 5.41) is 4.56. The summed E-state index contributed by atoms with van der Waals surface area (Å²) in [5.74, 6) is 0.881. The van der Waals surface area contributed by atoms with Crippen molar-refractivity contribution in [3.8, 4) is 5.75 Å². The maximum atomic E-state index is 5.93. The van der Waals surface area contributed by atoms with Crippen molar-refractivity contribution in [2.24, 2.45) is 0 Å². The molecule has 0 aliphatic rings. The zero-order valence-electron chi connectivity index (χ0n) is 12.5. The average molecular weight is 322 g/mol. The van der Waals surface area contributed by atoms with E-state index < -0.39 is 0 Å². The predicted molar refractivity (Wildman–Crippen MR) is 91.6 cm³/mol. The van der Waals surface area contributed by atoms with E-state index in [0.29, 0.717) is 5.25 Å². The lowest BCUT2D eigenvalue weighted by atomic mass is 10.0. The molecule has 0 aromatic heterocycles. The van der Waals surface area contributed by atoms with Crippen molar-refractivity contribution in [3.05, 3.63) is 59.1 Å². The lowest BCUT2D eigenvalue weighted by Crippen LogP contribution is -2.25. The summed E-state index contributed by atoms with van der Waals surface area (Å²) >= 11 is 7.77. The van der Waals surface area contributed by atoms with Crippen LogP contribution < -0.4 is 10.1 Å². The molecule has 2 nitrogen and oxygen atoms in total. The smallest absolute Gasteiger partial charge is 0.118 e. The van der Waals surface area contributed by atoms with Gasteiger partial charge in [-0.1, -0.05) is 30.7 Å². The van der Waals surface area contributed by atoms with E-state index in [0.717, 1.165) is 10.8 Å². The van der Waals surface area contributed by atoms with Crippen LogP contribution in [0, 0.1) is 0 Å². The van der Waals surface area contributed by atoms with Gasteiger partial charge in [0.05, 0.1) is 7.11 Å². The van der Waals surface area contributed by atoms with Gasteiger partial charge in [0, 0.05) is 21.2 Å².